The zero-order chi connectivity index (χ0) is 18.5. The summed E-state index contributed by atoms with van der Waals surface area (Å²) in [6, 6.07) is 11.4. The van der Waals surface area contributed by atoms with Crippen molar-refractivity contribution in [3.63, 3.8) is 0 Å². The molecule has 0 spiro atoms. The topological polar surface area (TPSA) is 74.3 Å². The summed E-state index contributed by atoms with van der Waals surface area (Å²) in [5.41, 5.74) is 2.92. The zero-order valence-electron chi connectivity index (χ0n) is 15.1. The fourth-order valence-electron chi connectivity index (χ4n) is 2.96. The molecule has 1 aromatic heterocycles. The van der Waals surface area contributed by atoms with Gasteiger partial charge in [0.05, 0.1) is 6.04 Å². The molecule has 6 nitrogen and oxygen atoms in total. The van der Waals surface area contributed by atoms with Crippen LogP contribution in [0.4, 0.5) is 10.5 Å². The second-order valence-electron chi connectivity index (χ2n) is 6.58. The molecular weight excluding hydrogens is 328 g/mol. The number of amides is 3. The molecule has 136 valence electrons. The fraction of sp³-hybridized carbons (Fsp3) is 0.350. The van der Waals surface area contributed by atoms with E-state index in [1.165, 1.54) is 5.56 Å². The highest BCUT2D eigenvalue weighted by Gasteiger charge is 2.31. The number of pyridine rings is 1. The number of benzene rings is 1. The Kier molecular flexibility index (Phi) is 5.51. The molecule has 0 saturated carbocycles. The van der Waals surface area contributed by atoms with Gasteiger partial charge in [0.1, 0.15) is 0 Å². The maximum Gasteiger partial charge on any atom is 0.321 e. The van der Waals surface area contributed by atoms with Gasteiger partial charge in [-0.15, -0.1) is 0 Å². The number of anilines is 1. The number of aromatic nitrogens is 1. The van der Waals surface area contributed by atoms with Crippen molar-refractivity contribution in [2.24, 2.45) is 0 Å². The van der Waals surface area contributed by atoms with E-state index >= 15 is 0 Å². The molecule has 1 aromatic carbocycles. The predicted octanol–water partition coefficient (Wildman–Crippen LogP) is 3.30. The van der Waals surface area contributed by atoms with Gasteiger partial charge in [-0.1, -0.05) is 25.1 Å². The van der Waals surface area contributed by atoms with Gasteiger partial charge in [-0.05, 0) is 36.2 Å². The first-order chi connectivity index (χ1) is 12.6. The summed E-state index contributed by atoms with van der Waals surface area (Å²) in [5, 5.41) is 5.84. The first-order valence-corrected chi connectivity index (χ1v) is 8.92. The van der Waals surface area contributed by atoms with E-state index < -0.39 is 0 Å². The van der Waals surface area contributed by atoms with Crippen LogP contribution in [0, 0.1) is 0 Å². The third-order valence-electron chi connectivity index (χ3n) is 4.69. The molecule has 1 saturated heterocycles. The number of nitrogens with zero attached hydrogens (tertiary/aromatic N) is 2. The van der Waals surface area contributed by atoms with E-state index in [1.54, 1.807) is 11.1 Å². The van der Waals surface area contributed by atoms with Gasteiger partial charge in [-0.25, -0.2) is 4.79 Å². The quantitative estimate of drug-likeness (QED) is 0.867. The molecule has 0 radical (unpaired) electrons. The van der Waals surface area contributed by atoms with Crippen LogP contribution in [-0.2, 0) is 4.79 Å². The van der Waals surface area contributed by atoms with Crippen molar-refractivity contribution in [1.29, 1.82) is 0 Å². The van der Waals surface area contributed by atoms with Gasteiger partial charge in [-0.2, -0.15) is 0 Å². The molecule has 2 aromatic rings. The molecule has 0 aliphatic carbocycles. The Labute approximate surface area is 153 Å². The van der Waals surface area contributed by atoms with E-state index in [1.807, 2.05) is 56.4 Å². The lowest BCUT2D eigenvalue weighted by Gasteiger charge is -2.39. The van der Waals surface area contributed by atoms with Crippen LogP contribution in [0.2, 0.25) is 0 Å². The van der Waals surface area contributed by atoms with E-state index in [4.69, 9.17) is 0 Å². The minimum absolute atomic E-state index is 0.0239. The van der Waals surface area contributed by atoms with Crippen molar-refractivity contribution in [1.82, 2.24) is 15.2 Å². The number of likely N-dealkylation sites (tertiary alicyclic amines) is 1. The largest absolute Gasteiger partial charge is 0.350 e. The Balaban J connectivity index is 1.50. The van der Waals surface area contributed by atoms with E-state index in [0.29, 0.717) is 25.4 Å². The van der Waals surface area contributed by atoms with Crippen LogP contribution < -0.4 is 10.6 Å². The second-order valence-corrected chi connectivity index (χ2v) is 6.58. The standard InChI is InChI=1S/C20H24N4O2/c1-3-19(25)22-14(2)15-6-8-18(9-7-15)23-20(26)24-12-17(13-24)16-5-4-10-21-11-16/h4-11,14,17H,3,12-13H2,1-2H3,(H,22,25)(H,23,26)/t14-/m0/s1. The Morgan fingerprint density at radius 3 is 2.58 bits per heavy atom. The molecule has 1 atom stereocenters. The Morgan fingerprint density at radius 2 is 1.96 bits per heavy atom. The first kappa shape index (κ1) is 17.9. The fourth-order valence-corrected chi connectivity index (χ4v) is 2.96. The van der Waals surface area contributed by atoms with Crippen molar-refractivity contribution in [2.45, 2.75) is 32.2 Å². The summed E-state index contributed by atoms with van der Waals surface area (Å²) in [6.45, 7) is 5.18. The average Bonchev–Trinajstić information content (AvgIpc) is 2.61. The lowest BCUT2D eigenvalue weighted by atomic mass is 9.93. The minimum Gasteiger partial charge on any atom is -0.350 e. The molecule has 3 amide bonds. The second kappa shape index (κ2) is 7.99. The maximum atomic E-state index is 12.3. The van der Waals surface area contributed by atoms with Gasteiger partial charge in [0, 0.05) is 43.5 Å². The van der Waals surface area contributed by atoms with Crippen LogP contribution in [-0.4, -0.2) is 34.9 Å². The van der Waals surface area contributed by atoms with Crippen molar-refractivity contribution in [3.8, 4) is 0 Å². The normalized spacial score (nSPS) is 15.1. The SMILES string of the molecule is CCC(=O)N[C@@H](C)c1ccc(NC(=O)N2CC(c3cccnc3)C2)cc1. The Bertz CT molecular complexity index is 755. The van der Waals surface area contributed by atoms with Crippen LogP contribution in [0.5, 0.6) is 0 Å². The highest BCUT2D eigenvalue weighted by atomic mass is 16.2. The highest BCUT2D eigenvalue weighted by molar-refractivity contribution is 5.90. The third kappa shape index (κ3) is 4.20. The number of hydrogen-bond donors (Lipinski definition) is 2. The molecule has 3 rings (SSSR count). The van der Waals surface area contributed by atoms with Gasteiger partial charge in [0.25, 0.3) is 0 Å². The van der Waals surface area contributed by atoms with E-state index in [0.717, 1.165) is 11.3 Å². The van der Waals surface area contributed by atoms with Gasteiger partial charge in [0.15, 0.2) is 0 Å². The molecule has 26 heavy (non-hydrogen) atoms. The van der Waals surface area contributed by atoms with Crippen LogP contribution in [0.25, 0.3) is 0 Å². The lowest BCUT2D eigenvalue weighted by molar-refractivity contribution is -0.121. The Morgan fingerprint density at radius 1 is 1.23 bits per heavy atom. The zero-order valence-corrected chi connectivity index (χ0v) is 15.1. The van der Waals surface area contributed by atoms with E-state index in [9.17, 15) is 9.59 Å². The molecule has 0 unspecified atom stereocenters. The first-order valence-electron chi connectivity index (χ1n) is 8.92. The van der Waals surface area contributed by atoms with Gasteiger partial charge in [-0.3, -0.25) is 9.78 Å². The molecular formula is C20H24N4O2. The Hall–Kier alpha value is -2.89. The predicted molar refractivity (Wildman–Crippen MR) is 101 cm³/mol. The van der Waals surface area contributed by atoms with Crippen LogP contribution >= 0.6 is 0 Å². The van der Waals surface area contributed by atoms with Crippen molar-refractivity contribution < 1.29 is 9.59 Å². The monoisotopic (exact) mass is 352 g/mol. The number of nitrogens with one attached hydrogen (secondary N) is 2. The van der Waals surface area contributed by atoms with Crippen LogP contribution in [0.15, 0.2) is 48.8 Å². The van der Waals surface area contributed by atoms with Gasteiger partial charge < -0.3 is 15.5 Å². The molecule has 1 aliphatic rings. The molecule has 2 heterocycles. The van der Waals surface area contributed by atoms with Crippen molar-refractivity contribution >= 4 is 17.6 Å². The summed E-state index contributed by atoms with van der Waals surface area (Å²) in [5.74, 6) is 0.385. The molecule has 6 heteroatoms. The molecule has 2 N–H and O–H groups in total. The van der Waals surface area contributed by atoms with Gasteiger partial charge >= 0.3 is 6.03 Å². The molecule has 1 fully saturated rings. The summed E-state index contributed by atoms with van der Waals surface area (Å²) in [4.78, 5) is 29.7. The summed E-state index contributed by atoms with van der Waals surface area (Å²) in [6.07, 6.45) is 4.08. The van der Waals surface area contributed by atoms with E-state index in [2.05, 4.69) is 15.6 Å². The number of rotatable bonds is 5. The molecule has 1 aliphatic heterocycles. The number of urea groups is 1. The minimum atomic E-state index is -0.0924. The summed E-state index contributed by atoms with van der Waals surface area (Å²) >= 11 is 0. The van der Waals surface area contributed by atoms with Crippen LogP contribution in [0.3, 0.4) is 0 Å². The molecule has 0 bridgehead atoms. The lowest BCUT2D eigenvalue weighted by Crippen LogP contribution is -2.50. The summed E-state index contributed by atoms with van der Waals surface area (Å²) < 4.78 is 0. The van der Waals surface area contributed by atoms with E-state index in [-0.39, 0.29) is 18.0 Å². The van der Waals surface area contributed by atoms with Crippen LogP contribution in [0.1, 0.15) is 43.4 Å². The number of carbonyl (C=O) groups excluding carboxylic acids is 2. The summed E-state index contributed by atoms with van der Waals surface area (Å²) in [7, 11) is 0. The average molecular weight is 352 g/mol. The number of hydrogen-bond acceptors (Lipinski definition) is 3. The van der Waals surface area contributed by atoms with Crippen molar-refractivity contribution in [2.75, 3.05) is 18.4 Å². The van der Waals surface area contributed by atoms with Gasteiger partial charge in [0.2, 0.25) is 5.91 Å². The maximum absolute atomic E-state index is 12.3. The third-order valence-corrected chi connectivity index (χ3v) is 4.69. The number of carbonyl (C=O) groups is 2. The highest BCUT2D eigenvalue weighted by Crippen LogP contribution is 2.27. The smallest absolute Gasteiger partial charge is 0.321 e. The van der Waals surface area contributed by atoms with Crippen molar-refractivity contribution in [3.05, 3.63) is 59.9 Å².